The van der Waals surface area contributed by atoms with Crippen molar-refractivity contribution in [1.29, 1.82) is 0 Å². The van der Waals surface area contributed by atoms with Crippen LogP contribution in [-0.4, -0.2) is 38.2 Å². The number of esters is 1. The van der Waals surface area contributed by atoms with Gasteiger partial charge < -0.3 is 18.9 Å². The third-order valence-electron chi connectivity index (χ3n) is 4.30. The highest BCUT2D eigenvalue weighted by molar-refractivity contribution is 5.96. The van der Waals surface area contributed by atoms with E-state index in [-0.39, 0.29) is 12.4 Å². The molecular formula is C24H30O6. The number of ketones is 1. The van der Waals surface area contributed by atoms with Crippen molar-refractivity contribution in [3.8, 4) is 17.2 Å². The van der Waals surface area contributed by atoms with E-state index in [1.807, 2.05) is 19.1 Å². The molecule has 0 atom stereocenters. The van der Waals surface area contributed by atoms with Gasteiger partial charge in [0.2, 0.25) is 0 Å². The van der Waals surface area contributed by atoms with Gasteiger partial charge in [0.05, 0.1) is 14.2 Å². The molecule has 0 saturated carbocycles. The number of aryl methyl sites for hydroxylation is 2. The summed E-state index contributed by atoms with van der Waals surface area (Å²) in [5.41, 5.74) is 1.92. The Morgan fingerprint density at radius 1 is 1.00 bits per heavy atom. The summed E-state index contributed by atoms with van der Waals surface area (Å²) in [6.45, 7) is 7.12. The average Bonchev–Trinajstić information content (AvgIpc) is 2.69. The molecule has 0 aliphatic rings. The zero-order valence-electron chi connectivity index (χ0n) is 18.5. The normalized spacial score (nSPS) is 11.0. The average molecular weight is 414 g/mol. The lowest BCUT2D eigenvalue weighted by Crippen LogP contribution is -2.27. The zero-order chi connectivity index (χ0) is 22.3. The van der Waals surface area contributed by atoms with Crippen molar-refractivity contribution in [2.45, 2.75) is 46.1 Å². The predicted molar refractivity (Wildman–Crippen MR) is 115 cm³/mol. The fraction of sp³-hybridized carbons (Fsp3) is 0.417. The summed E-state index contributed by atoms with van der Waals surface area (Å²) in [4.78, 5) is 24.5. The highest BCUT2D eigenvalue weighted by atomic mass is 16.6. The SMILES string of the molecule is COc1cc(CCC(=O)c2cccc(OCC(=O)OC(C)(C)C)c2)cc(C)c1OC. The molecule has 0 spiro atoms. The summed E-state index contributed by atoms with van der Waals surface area (Å²) in [5, 5.41) is 0. The number of rotatable bonds is 9. The summed E-state index contributed by atoms with van der Waals surface area (Å²) >= 11 is 0. The Kier molecular flexibility index (Phi) is 7.86. The van der Waals surface area contributed by atoms with Gasteiger partial charge in [0.1, 0.15) is 11.4 Å². The van der Waals surface area contributed by atoms with Crippen LogP contribution in [0.5, 0.6) is 17.2 Å². The molecule has 2 aromatic rings. The van der Waals surface area contributed by atoms with Crippen LogP contribution in [0.2, 0.25) is 0 Å². The lowest BCUT2D eigenvalue weighted by atomic mass is 10.0. The maximum absolute atomic E-state index is 12.7. The maximum Gasteiger partial charge on any atom is 0.344 e. The first-order valence-corrected chi connectivity index (χ1v) is 9.82. The van der Waals surface area contributed by atoms with Gasteiger partial charge >= 0.3 is 5.97 Å². The first-order chi connectivity index (χ1) is 14.1. The second-order valence-corrected chi connectivity index (χ2v) is 7.97. The molecule has 162 valence electrons. The van der Waals surface area contributed by atoms with E-state index in [1.54, 1.807) is 59.3 Å². The van der Waals surface area contributed by atoms with Crippen LogP contribution in [-0.2, 0) is 16.0 Å². The van der Waals surface area contributed by atoms with Gasteiger partial charge in [-0.15, -0.1) is 0 Å². The van der Waals surface area contributed by atoms with Crippen LogP contribution in [0, 0.1) is 6.92 Å². The van der Waals surface area contributed by atoms with Crippen LogP contribution in [0.25, 0.3) is 0 Å². The number of methoxy groups -OCH3 is 2. The Hall–Kier alpha value is -3.02. The van der Waals surface area contributed by atoms with Crippen LogP contribution in [0.3, 0.4) is 0 Å². The van der Waals surface area contributed by atoms with Crippen molar-refractivity contribution >= 4 is 11.8 Å². The molecule has 0 radical (unpaired) electrons. The molecule has 0 heterocycles. The molecule has 0 aliphatic heterocycles. The molecule has 0 fully saturated rings. The summed E-state index contributed by atoms with van der Waals surface area (Å²) in [6, 6.07) is 10.7. The number of hydrogen-bond donors (Lipinski definition) is 0. The molecule has 0 unspecified atom stereocenters. The third kappa shape index (κ3) is 6.79. The minimum atomic E-state index is -0.569. The first kappa shape index (κ1) is 23.3. The molecule has 0 saturated heterocycles. The quantitative estimate of drug-likeness (QED) is 0.443. The Bertz CT molecular complexity index is 895. The highest BCUT2D eigenvalue weighted by Crippen LogP contribution is 2.32. The molecule has 0 aromatic heterocycles. The molecule has 6 heteroatoms. The Morgan fingerprint density at radius 3 is 2.37 bits per heavy atom. The van der Waals surface area contributed by atoms with Crippen LogP contribution in [0.4, 0.5) is 0 Å². The van der Waals surface area contributed by atoms with Gasteiger partial charge in [-0.2, -0.15) is 0 Å². The van der Waals surface area contributed by atoms with Crippen LogP contribution in [0.15, 0.2) is 36.4 Å². The fourth-order valence-electron chi connectivity index (χ4n) is 3.05. The summed E-state index contributed by atoms with van der Waals surface area (Å²) < 4.78 is 21.4. The molecule has 30 heavy (non-hydrogen) atoms. The molecule has 0 amide bonds. The van der Waals surface area contributed by atoms with Crippen molar-refractivity contribution in [2.24, 2.45) is 0 Å². The van der Waals surface area contributed by atoms with E-state index < -0.39 is 11.6 Å². The Balaban J connectivity index is 1.99. The highest BCUT2D eigenvalue weighted by Gasteiger charge is 2.17. The van der Waals surface area contributed by atoms with Gasteiger partial charge in [0.15, 0.2) is 23.9 Å². The number of Topliss-reactive ketones (excluding diaryl/α,β-unsaturated/α-hetero) is 1. The minimum Gasteiger partial charge on any atom is -0.493 e. The lowest BCUT2D eigenvalue weighted by molar-refractivity contribution is -0.157. The predicted octanol–water partition coefficient (Wildman–Crippen LogP) is 4.55. The fourth-order valence-corrected chi connectivity index (χ4v) is 3.05. The molecular weight excluding hydrogens is 384 g/mol. The first-order valence-electron chi connectivity index (χ1n) is 9.82. The molecule has 6 nitrogen and oxygen atoms in total. The molecule has 0 bridgehead atoms. The van der Waals surface area contributed by atoms with E-state index in [9.17, 15) is 9.59 Å². The Morgan fingerprint density at radius 2 is 1.73 bits per heavy atom. The maximum atomic E-state index is 12.7. The van der Waals surface area contributed by atoms with Crippen LogP contribution < -0.4 is 14.2 Å². The summed E-state index contributed by atoms with van der Waals surface area (Å²) in [5.74, 6) is 1.33. The van der Waals surface area contributed by atoms with E-state index in [2.05, 4.69) is 0 Å². The number of carbonyl (C=O) groups excluding carboxylic acids is 2. The van der Waals surface area contributed by atoms with E-state index in [0.29, 0.717) is 35.7 Å². The smallest absolute Gasteiger partial charge is 0.344 e. The largest absolute Gasteiger partial charge is 0.493 e. The third-order valence-corrected chi connectivity index (χ3v) is 4.30. The number of benzene rings is 2. The van der Waals surface area contributed by atoms with Crippen LogP contribution >= 0.6 is 0 Å². The van der Waals surface area contributed by atoms with Crippen molar-refractivity contribution < 1.29 is 28.5 Å². The molecule has 2 rings (SSSR count). The van der Waals surface area contributed by atoms with Gasteiger partial charge in [-0.25, -0.2) is 4.79 Å². The lowest BCUT2D eigenvalue weighted by Gasteiger charge is -2.19. The Labute approximate surface area is 178 Å². The molecule has 0 N–H and O–H groups in total. The number of carbonyl (C=O) groups is 2. The van der Waals surface area contributed by atoms with E-state index in [0.717, 1.165) is 11.1 Å². The van der Waals surface area contributed by atoms with Crippen molar-refractivity contribution in [2.75, 3.05) is 20.8 Å². The molecule has 0 aliphatic carbocycles. The number of ether oxygens (including phenoxy) is 4. The van der Waals surface area contributed by atoms with Crippen molar-refractivity contribution in [3.63, 3.8) is 0 Å². The second kappa shape index (κ2) is 10.1. The zero-order valence-corrected chi connectivity index (χ0v) is 18.5. The van der Waals surface area contributed by atoms with Crippen molar-refractivity contribution in [1.82, 2.24) is 0 Å². The molecule has 2 aromatic carbocycles. The van der Waals surface area contributed by atoms with Gasteiger partial charge in [-0.1, -0.05) is 18.2 Å². The standard InChI is InChI=1S/C24H30O6/c1-16-12-17(13-21(27-5)23(16)28-6)10-11-20(25)18-8-7-9-19(14-18)29-15-22(26)30-24(2,3)4/h7-9,12-14H,10-11,15H2,1-6H3. The second-order valence-electron chi connectivity index (χ2n) is 7.97. The van der Waals surface area contributed by atoms with Gasteiger partial charge in [0, 0.05) is 12.0 Å². The van der Waals surface area contributed by atoms with E-state index >= 15 is 0 Å². The van der Waals surface area contributed by atoms with E-state index in [4.69, 9.17) is 18.9 Å². The van der Waals surface area contributed by atoms with Crippen molar-refractivity contribution in [3.05, 3.63) is 53.1 Å². The van der Waals surface area contributed by atoms with E-state index in [1.165, 1.54) is 0 Å². The van der Waals surface area contributed by atoms with Gasteiger partial charge in [-0.05, 0) is 63.4 Å². The van der Waals surface area contributed by atoms with Gasteiger partial charge in [0.25, 0.3) is 0 Å². The summed E-state index contributed by atoms with van der Waals surface area (Å²) in [6.07, 6.45) is 0.910. The minimum absolute atomic E-state index is 0.00911. The van der Waals surface area contributed by atoms with Gasteiger partial charge in [-0.3, -0.25) is 4.79 Å². The van der Waals surface area contributed by atoms with Crippen LogP contribution in [0.1, 0.15) is 48.7 Å². The monoisotopic (exact) mass is 414 g/mol. The summed E-state index contributed by atoms with van der Waals surface area (Å²) in [7, 11) is 3.20. The topological polar surface area (TPSA) is 71.1 Å². The number of hydrogen-bond acceptors (Lipinski definition) is 6.